The number of Topliss-reactive ketones (excluding diaryl/α,β-unsaturated/α-hetero) is 1. The smallest absolute Gasteiger partial charge is 0.219 e. The minimum atomic E-state index is -0.209. The van der Waals surface area contributed by atoms with Gasteiger partial charge in [-0.1, -0.05) is 42.5 Å². The van der Waals surface area contributed by atoms with E-state index in [1.165, 1.54) is 0 Å². The van der Waals surface area contributed by atoms with Crippen LogP contribution in [0.15, 0.2) is 115 Å². The summed E-state index contributed by atoms with van der Waals surface area (Å²) in [6, 6.07) is 32.3. The van der Waals surface area contributed by atoms with Crippen molar-refractivity contribution in [1.82, 2.24) is 9.14 Å². The second-order valence-electron chi connectivity index (χ2n) is 9.96. The van der Waals surface area contributed by atoms with Crippen molar-refractivity contribution in [3.8, 4) is 11.8 Å². The third kappa shape index (κ3) is 3.49. The molecule has 0 radical (unpaired) electrons. The number of benzene rings is 4. The number of carbonyl (C=O) groups is 1. The second-order valence-corrected chi connectivity index (χ2v) is 9.96. The number of hydrogen-bond acceptors (Lipinski definition) is 3. The topological polar surface area (TPSA) is 73.4 Å². The lowest BCUT2D eigenvalue weighted by Gasteiger charge is -2.22. The average Bonchev–Trinajstić information content (AvgIpc) is 3.52. The van der Waals surface area contributed by atoms with Crippen molar-refractivity contribution in [3.63, 3.8) is 0 Å². The molecule has 1 aliphatic heterocycles. The summed E-state index contributed by atoms with van der Waals surface area (Å²) in [5.41, 5.74) is 8.31. The largest absolute Gasteiger partial charge is 0.506 e. The SMILES string of the molecule is [C-]#[N+]c1ccc(-n2cc(C3=C(O)C(=C4C(C)=[N+](c5ccc(C#N)cc5)c5ccccc54)C3=O)c3ccccc32)cc1. The number of hydrogen-bond donors (Lipinski definition) is 1. The van der Waals surface area contributed by atoms with Gasteiger partial charge in [-0.2, -0.15) is 9.84 Å². The van der Waals surface area contributed by atoms with E-state index in [0.717, 1.165) is 39.2 Å². The Hall–Kier alpha value is -5.98. The van der Waals surface area contributed by atoms with Gasteiger partial charge in [0.2, 0.25) is 17.2 Å². The molecule has 0 atom stereocenters. The Morgan fingerprint density at radius 1 is 0.854 bits per heavy atom. The fourth-order valence-corrected chi connectivity index (χ4v) is 5.87. The molecule has 5 aromatic rings. The minimum absolute atomic E-state index is 0.0212. The third-order valence-electron chi connectivity index (χ3n) is 7.78. The minimum Gasteiger partial charge on any atom is -0.506 e. The zero-order valence-electron chi connectivity index (χ0n) is 22.0. The highest BCUT2D eigenvalue weighted by Gasteiger charge is 2.44. The maximum atomic E-state index is 13.9. The van der Waals surface area contributed by atoms with Gasteiger partial charge in [0.15, 0.2) is 11.4 Å². The van der Waals surface area contributed by atoms with Gasteiger partial charge in [0.1, 0.15) is 5.76 Å². The molecule has 0 saturated heterocycles. The van der Waals surface area contributed by atoms with Crippen LogP contribution in [0.5, 0.6) is 0 Å². The van der Waals surface area contributed by atoms with E-state index in [0.29, 0.717) is 33.5 Å². The maximum absolute atomic E-state index is 13.9. The van der Waals surface area contributed by atoms with E-state index in [-0.39, 0.29) is 11.5 Å². The summed E-state index contributed by atoms with van der Waals surface area (Å²) in [5, 5.41) is 21.6. The summed E-state index contributed by atoms with van der Waals surface area (Å²) in [4.78, 5) is 17.4. The number of aromatic nitrogens is 1. The first kappa shape index (κ1) is 24.1. The van der Waals surface area contributed by atoms with Crippen LogP contribution >= 0.6 is 0 Å². The number of nitrogens with zero attached hydrogens (tertiary/aromatic N) is 4. The summed E-state index contributed by atoms with van der Waals surface area (Å²) >= 11 is 0. The van der Waals surface area contributed by atoms with Gasteiger partial charge in [0.25, 0.3) is 0 Å². The van der Waals surface area contributed by atoms with Gasteiger partial charge in [0.05, 0.1) is 46.0 Å². The van der Waals surface area contributed by atoms with Gasteiger partial charge < -0.3 is 9.67 Å². The Kier molecular flexibility index (Phi) is 5.32. The molecule has 6 heteroatoms. The fourth-order valence-electron chi connectivity index (χ4n) is 5.87. The van der Waals surface area contributed by atoms with Crippen molar-refractivity contribution < 1.29 is 9.90 Å². The van der Waals surface area contributed by atoms with Crippen LogP contribution in [0.3, 0.4) is 0 Å². The molecule has 4 aromatic carbocycles. The van der Waals surface area contributed by atoms with E-state index >= 15 is 0 Å². The number of carbonyl (C=O) groups excluding carboxylic acids is 1. The van der Waals surface area contributed by atoms with Gasteiger partial charge in [-0.05, 0) is 36.4 Å². The number of aliphatic hydroxyl groups is 1. The van der Waals surface area contributed by atoms with Gasteiger partial charge in [-0.15, -0.1) is 0 Å². The zero-order valence-corrected chi connectivity index (χ0v) is 22.0. The Bertz CT molecular complexity index is 2130. The molecule has 1 aromatic heterocycles. The van der Waals surface area contributed by atoms with Gasteiger partial charge in [0, 0.05) is 48.0 Å². The van der Waals surface area contributed by atoms with Crippen LogP contribution in [0.1, 0.15) is 23.6 Å². The van der Waals surface area contributed by atoms with Crippen molar-refractivity contribution in [2.75, 3.05) is 0 Å². The van der Waals surface area contributed by atoms with Crippen molar-refractivity contribution >= 4 is 50.6 Å². The molecule has 0 saturated carbocycles. The molecular formula is C35H21N4O2+. The van der Waals surface area contributed by atoms with Gasteiger partial charge in [-0.3, -0.25) is 4.79 Å². The van der Waals surface area contributed by atoms with E-state index < -0.39 is 0 Å². The van der Waals surface area contributed by atoms with Crippen LogP contribution in [-0.2, 0) is 4.79 Å². The molecule has 0 amide bonds. The first-order valence-corrected chi connectivity index (χ1v) is 13.1. The Morgan fingerprint density at radius 3 is 2.27 bits per heavy atom. The number of allylic oxidation sites excluding steroid dienone is 3. The molecule has 41 heavy (non-hydrogen) atoms. The highest BCUT2D eigenvalue weighted by atomic mass is 16.3. The molecule has 192 valence electrons. The summed E-state index contributed by atoms with van der Waals surface area (Å²) in [6.07, 6.45) is 1.88. The Morgan fingerprint density at radius 2 is 1.56 bits per heavy atom. The molecule has 2 aliphatic rings. The highest BCUT2D eigenvalue weighted by molar-refractivity contribution is 6.47. The van der Waals surface area contributed by atoms with E-state index in [4.69, 9.17) is 6.57 Å². The molecule has 2 heterocycles. The molecule has 7 rings (SSSR count). The van der Waals surface area contributed by atoms with Crippen LogP contribution in [0, 0.1) is 17.9 Å². The molecule has 1 N–H and O–H groups in total. The number of para-hydroxylation sites is 2. The zero-order chi connectivity index (χ0) is 28.2. The molecule has 0 unspecified atom stereocenters. The quantitative estimate of drug-likeness (QED) is 0.148. The summed E-state index contributed by atoms with van der Waals surface area (Å²) in [6.45, 7) is 9.18. The van der Waals surface area contributed by atoms with Crippen molar-refractivity contribution in [3.05, 3.63) is 143 Å². The van der Waals surface area contributed by atoms with Crippen LogP contribution < -0.4 is 4.58 Å². The number of fused-ring (bicyclic) bond motifs is 2. The molecule has 1 aliphatic carbocycles. The van der Waals surface area contributed by atoms with Crippen molar-refractivity contribution in [1.29, 1.82) is 5.26 Å². The molecule has 0 bridgehead atoms. The number of rotatable bonds is 3. The third-order valence-corrected chi connectivity index (χ3v) is 7.78. The first-order chi connectivity index (χ1) is 20.0. The van der Waals surface area contributed by atoms with Gasteiger partial charge >= 0.3 is 0 Å². The average molecular weight is 530 g/mol. The number of nitriles is 1. The van der Waals surface area contributed by atoms with Crippen LogP contribution in [-0.4, -0.2) is 21.2 Å². The lowest BCUT2D eigenvalue weighted by molar-refractivity contribution is -0.111. The summed E-state index contributed by atoms with van der Waals surface area (Å²) in [7, 11) is 0. The lowest BCUT2D eigenvalue weighted by Crippen LogP contribution is -2.24. The van der Waals surface area contributed by atoms with E-state index in [2.05, 4.69) is 15.5 Å². The van der Waals surface area contributed by atoms with E-state index in [1.54, 1.807) is 24.3 Å². The Balaban J connectivity index is 1.41. The number of aliphatic hydroxyl groups excluding tert-OH is 1. The number of ketones is 1. The summed E-state index contributed by atoms with van der Waals surface area (Å²) in [5.74, 6) is -0.230. The highest BCUT2D eigenvalue weighted by Crippen LogP contribution is 2.47. The normalized spacial score (nSPS) is 16.0. The van der Waals surface area contributed by atoms with E-state index in [1.807, 2.05) is 90.5 Å². The predicted octanol–water partition coefficient (Wildman–Crippen LogP) is 7.67. The van der Waals surface area contributed by atoms with Crippen molar-refractivity contribution in [2.45, 2.75) is 6.92 Å². The van der Waals surface area contributed by atoms with Crippen LogP contribution in [0.2, 0.25) is 0 Å². The van der Waals surface area contributed by atoms with E-state index in [9.17, 15) is 15.2 Å². The predicted molar refractivity (Wildman–Crippen MR) is 161 cm³/mol. The fraction of sp³-hybridized carbons (Fsp3) is 0.0286. The standard InChI is InChI=1S/C35H20N4O2/c1-21-31(27-8-4-6-10-30(27)39(21)25-15-11-22(19-36)12-16-25)33-34(40)32(35(33)41)28-20-38(29-9-5-3-7-26(28)29)24-17-13-23(37-2)14-18-24/h3-18,20H,1H3/p+1. The second kappa shape index (κ2) is 9.05. The van der Waals surface area contributed by atoms with Crippen molar-refractivity contribution in [2.24, 2.45) is 0 Å². The molecule has 0 spiro atoms. The molecule has 0 fully saturated rings. The molecular weight excluding hydrogens is 508 g/mol. The Labute approximate surface area is 236 Å². The van der Waals surface area contributed by atoms with Gasteiger partial charge in [-0.25, -0.2) is 4.85 Å². The lowest BCUT2D eigenvalue weighted by atomic mass is 9.79. The first-order valence-electron chi connectivity index (χ1n) is 13.1. The van der Waals surface area contributed by atoms with Crippen LogP contribution in [0.4, 0.5) is 17.1 Å². The monoisotopic (exact) mass is 529 g/mol. The maximum Gasteiger partial charge on any atom is 0.219 e. The van der Waals surface area contributed by atoms with Crippen LogP contribution in [0.25, 0.3) is 32.6 Å². The molecule has 6 nitrogen and oxygen atoms in total. The summed E-state index contributed by atoms with van der Waals surface area (Å²) < 4.78 is 4.03.